The molecule has 0 radical (unpaired) electrons. The topological polar surface area (TPSA) is 99.2 Å². The lowest BCUT2D eigenvalue weighted by Gasteiger charge is -2.22. The highest BCUT2D eigenvalue weighted by Gasteiger charge is 2.18. The number of nitrogens with zero attached hydrogens (tertiary/aromatic N) is 2. The lowest BCUT2D eigenvalue weighted by molar-refractivity contribution is 0.0527. The van der Waals surface area contributed by atoms with Crippen molar-refractivity contribution in [2.45, 2.75) is 45.1 Å². The maximum Gasteiger partial charge on any atom is 0.343 e. The van der Waals surface area contributed by atoms with Gasteiger partial charge in [-0.25, -0.2) is 9.48 Å². The van der Waals surface area contributed by atoms with Crippen LogP contribution in [0.2, 0.25) is 0 Å². The molecule has 2 aromatic rings. The summed E-state index contributed by atoms with van der Waals surface area (Å²) in [5.74, 6) is -0.355. The summed E-state index contributed by atoms with van der Waals surface area (Å²) < 4.78 is 6.41. The number of amides is 1. The molecule has 0 bridgehead atoms. The first-order valence-corrected chi connectivity index (χ1v) is 9.02. The van der Waals surface area contributed by atoms with Gasteiger partial charge in [0.05, 0.1) is 18.5 Å². The van der Waals surface area contributed by atoms with Crippen LogP contribution in [-0.4, -0.2) is 34.3 Å². The zero-order valence-electron chi connectivity index (χ0n) is 14.9. The Hall–Kier alpha value is -2.83. The maximum atomic E-state index is 12.4. The second-order valence-electron chi connectivity index (χ2n) is 6.43. The van der Waals surface area contributed by atoms with Crippen molar-refractivity contribution in [2.24, 2.45) is 0 Å². The highest BCUT2D eigenvalue weighted by molar-refractivity contribution is 5.95. The number of nitrogens with one attached hydrogen (secondary N) is 1. The van der Waals surface area contributed by atoms with E-state index in [0.717, 1.165) is 12.8 Å². The fourth-order valence-corrected chi connectivity index (χ4v) is 3.20. The van der Waals surface area contributed by atoms with Crippen molar-refractivity contribution in [3.05, 3.63) is 41.6 Å². The van der Waals surface area contributed by atoms with Crippen molar-refractivity contribution >= 4 is 17.7 Å². The van der Waals surface area contributed by atoms with Crippen LogP contribution in [0.25, 0.3) is 5.69 Å². The average Bonchev–Trinajstić information content (AvgIpc) is 3.04. The van der Waals surface area contributed by atoms with Crippen LogP contribution in [0.15, 0.2) is 30.5 Å². The Morgan fingerprint density at radius 2 is 1.92 bits per heavy atom. The molecule has 1 aromatic carbocycles. The van der Waals surface area contributed by atoms with E-state index in [4.69, 9.17) is 10.5 Å². The standard InChI is InChI=1S/C19H24N4O3/c1-2-26-19(25)16-12-21-23(17(16)20)15-10-8-13(9-11-15)18(24)22-14-6-4-3-5-7-14/h8-12,14H,2-7,20H2,1H3,(H,22,24). The van der Waals surface area contributed by atoms with Crippen LogP contribution in [0, 0.1) is 0 Å². The number of ether oxygens (including phenoxy) is 1. The van der Waals surface area contributed by atoms with Gasteiger partial charge in [-0.1, -0.05) is 19.3 Å². The summed E-state index contributed by atoms with van der Waals surface area (Å²) in [7, 11) is 0. The average molecular weight is 356 g/mol. The van der Waals surface area contributed by atoms with Crippen molar-refractivity contribution in [3.63, 3.8) is 0 Å². The molecule has 1 aromatic heterocycles. The quantitative estimate of drug-likeness (QED) is 0.803. The lowest BCUT2D eigenvalue weighted by Crippen LogP contribution is -2.36. The summed E-state index contributed by atoms with van der Waals surface area (Å²) in [4.78, 5) is 24.2. The fourth-order valence-electron chi connectivity index (χ4n) is 3.20. The number of esters is 1. The summed E-state index contributed by atoms with van der Waals surface area (Å²) in [5, 5.41) is 7.24. The van der Waals surface area contributed by atoms with Gasteiger partial charge in [0.2, 0.25) is 0 Å². The molecule has 138 valence electrons. The van der Waals surface area contributed by atoms with Crippen LogP contribution in [0.1, 0.15) is 59.7 Å². The van der Waals surface area contributed by atoms with Crippen LogP contribution in [0.3, 0.4) is 0 Å². The Morgan fingerprint density at radius 1 is 1.23 bits per heavy atom. The molecule has 7 nitrogen and oxygen atoms in total. The number of benzene rings is 1. The minimum absolute atomic E-state index is 0.0656. The van der Waals surface area contributed by atoms with E-state index in [9.17, 15) is 9.59 Å². The highest BCUT2D eigenvalue weighted by Crippen LogP contribution is 2.20. The second kappa shape index (κ2) is 8.03. The second-order valence-corrected chi connectivity index (χ2v) is 6.43. The van der Waals surface area contributed by atoms with Crippen molar-refractivity contribution in [2.75, 3.05) is 12.3 Å². The fraction of sp³-hybridized carbons (Fsp3) is 0.421. The maximum absolute atomic E-state index is 12.4. The number of nitrogens with two attached hydrogens (primary N) is 1. The third kappa shape index (κ3) is 3.87. The summed E-state index contributed by atoms with van der Waals surface area (Å²) >= 11 is 0. The monoisotopic (exact) mass is 356 g/mol. The van der Waals surface area contributed by atoms with Gasteiger partial charge in [0.25, 0.3) is 5.91 Å². The molecule has 3 rings (SSSR count). The first-order valence-electron chi connectivity index (χ1n) is 9.02. The minimum Gasteiger partial charge on any atom is -0.462 e. The van der Waals surface area contributed by atoms with Crippen molar-refractivity contribution in [1.29, 1.82) is 0 Å². The minimum atomic E-state index is -0.500. The molecule has 1 saturated carbocycles. The zero-order chi connectivity index (χ0) is 18.5. The van der Waals surface area contributed by atoms with Gasteiger partial charge in [-0.2, -0.15) is 5.10 Å². The summed E-state index contributed by atoms with van der Waals surface area (Å²) in [6, 6.07) is 7.25. The van der Waals surface area contributed by atoms with Gasteiger partial charge in [-0.05, 0) is 44.0 Å². The predicted octanol–water partition coefficient (Wildman–Crippen LogP) is 2.69. The number of anilines is 1. The number of hydrogen-bond donors (Lipinski definition) is 2. The summed E-state index contributed by atoms with van der Waals surface area (Å²) in [5.41, 5.74) is 7.50. The highest BCUT2D eigenvalue weighted by atomic mass is 16.5. The Bertz CT molecular complexity index is 777. The molecular weight excluding hydrogens is 332 g/mol. The normalized spacial score (nSPS) is 14.8. The van der Waals surface area contributed by atoms with Gasteiger partial charge in [-0.15, -0.1) is 0 Å². The number of rotatable bonds is 5. The van der Waals surface area contributed by atoms with Gasteiger partial charge < -0.3 is 15.8 Å². The molecule has 1 heterocycles. The number of nitrogen functional groups attached to an aromatic ring is 1. The van der Waals surface area contributed by atoms with Crippen LogP contribution in [0.5, 0.6) is 0 Å². The first-order chi connectivity index (χ1) is 12.6. The molecule has 0 unspecified atom stereocenters. The van der Waals surface area contributed by atoms with Crippen LogP contribution < -0.4 is 11.1 Å². The molecule has 0 aliphatic heterocycles. The number of hydrogen-bond acceptors (Lipinski definition) is 5. The Labute approximate surface area is 152 Å². The van der Waals surface area contributed by atoms with E-state index in [-0.39, 0.29) is 29.9 Å². The van der Waals surface area contributed by atoms with Crippen LogP contribution >= 0.6 is 0 Å². The van der Waals surface area contributed by atoms with Gasteiger partial charge >= 0.3 is 5.97 Å². The largest absolute Gasteiger partial charge is 0.462 e. The zero-order valence-corrected chi connectivity index (χ0v) is 14.9. The first kappa shape index (κ1) is 18.0. The third-order valence-electron chi connectivity index (χ3n) is 4.62. The smallest absolute Gasteiger partial charge is 0.343 e. The van der Waals surface area contributed by atoms with E-state index in [1.807, 2.05) is 0 Å². The number of aromatic nitrogens is 2. The van der Waals surface area contributed by atoms with E-state index in [0.29, 0.717) is 11.3 Å². The molecule has 0 spiro atoms. The molecule has 7 heteroatoms. The molecule has 0 saturated heterocycles. The van der Waals surface area contributed by atoms with E-state index in [2.05, 4.69) is 10.4 Å². The number of carbonyl (C=O) groups is 2. The van der Waals surface area contributed by atoms with Crippen molar-refractivity contribution in [3.8, 4) is 5.69 Å². The summed E-state index contributed by atoms with van der Waals surface area (Å²) in [6.07, 6.45) is 7.07. The van der Waals surface area contributed by atoms with Gasteiger partial charge in [-0.3, -0.25) is 4.79 Å². The molecular formula is C19H24N4O3. The van der Waals surface area contributed by atoms with E-state index < -0.39 is 5.97 Å². The van der Waals surface area contributed by atoms with Gasteiger partial charge in [0.15, 0.2) is 0 Å². The van der Waals surface area contributed by atoms with Gasteiger partial charge in [0, 0.05) is 11.6 Å². The summed E-state index contributed by atoms with van der Waals surface area (Å²) in [6.45, 7) is 2.00. The lowest BCUT2D eigenvalue weighted by atomic mass is 9.95. The Morgan fingerprint density at radius 3 is 2.58 bits per heavy atom. The van der Waals surface area contributed by atoms with E-state index in [1.165, 1.54) is 30.1 Å². The number of carbonyl (C=O) groups excluding carboxylic acids is 2. The molecule has 1 aliphatic carbocycles. The van der Waals surface area contributed by atoms with Crippen LogP contribution in [0.4, 0.5) is 5.82 Å². The molecule has 3 N–H and O–H groups in total. The van der Waals surface area contributed by atoms with Gasteiger partial charge in [0.1, 0.15) is 11.4 Å². The van der Waals surface area contributed by atoms with Crippen molar-refractivity contribution < 1.29 is 14.3 Å². The molecule has 1 amide bonds. The van der Waals surface area contributed by atoms with E-state index in [1.54, 1.807) is 31.2 Å². The molecule has 0 atom stereocenters. The Balaban J connectivity index is 1.71. The van der Waals surface area contributed by atoms with E-state index >= 15 is 0 Å². The molecule has 1 fully saturated rings. The van der Waals surface area contributed by atoms with Crippen molar-refractivity contribution in [1.82, 2.24) is 15.1 Å². The van der Waals surface area contributed by atoms with Crippen LogP contribution in [-0.2, 0) is 4.74 Å². The molecule has 1 aliphatic rings. The SMILES string of the molecule is CCOC(=O)c1cnn(-c2ccc(C(=O)NC3CCCCC3)cc2)c1N. The predicted molar refractivity (Wildman–Crippen MR) is 98.3 cm³/mol. The Kier molecular flexibility index (Phi) is 5.55. The molecule has 26 heavy (non-hydrogen) atoms. The third-order valence-corrected chi connectivity index (χ3v) is 4.62.